The van der Waals surface area contributed by atoms with Crippen LogP contribution >= 0.6 is 45.9 Å². The molecule has 3 aliphatic rings. The predicted octanol–water partition coefficient (Wildman–Crippen LogP) is 8.01. The molecule has 50 heteroatoms. The van der Waals surface area contributed by atoms with Crippen LogP contribution in [0.25, 0.3) is 4.85 Å². The van der Waals surface area contributed by atoms with Crippen molar-refractivity contribution in [3.8, 4) is 0 Å². The van der Waals surface area contributed by atoms with Gasteiger partial charge in [-0.2, -0.15) is 26.3 Å². The van der Waals surface area contributed by atoms with Gasteiger partial charge in [0.05, 0.1) is 31.5 Å². The third-order valence-corrected chi connectivity index (χ3v) is 27.8. The molecule has 7 N–H and O–H groups in total. The molecule has 13 atom stereocenters. The van der Waals surface area contributed by atoms with E-state index in [1.54, 1.807) is 13.8 Å². The number of nitrogens with zero attached hydrogens (tertiary/aromatic N) is 9. The molecule has 764 valence electrons. The van der Waals surface area contributed by atoms with Crippen LogP contribution in [0.3, 0.4) is 0 Å². The molecule has 1 aromatic carbocycles. The molecule has 7 rings (SSSR count). The number of rotatable bonds is 44. The molecule has 4 aromatic rings. The zero-order valence-electron chi connectivity index (χ0n) is 77.7. The number of aromatic nitrogens is 6. The summed E-state index contributed by atoms with van der Waals surface area (Å²) in [5.41, 5.74) is -14.0. The second-order valence-corrected chi connectivity index (χ2v) is 45.2. The smallest absolute Gasteiger partial charge is 0.335 e. The molecule has 0 saturated carbocycles. The summed E-state index contributed by atoms with van der Waals surface area (Å²) in [6, 6.07) is 8.91. The number of aryl methyl sites for hydroxylation is 3. The van der Waals surface area contributed by atoms with Crippen molar-refractivity contribution in [2.75, 3.05) is 174 Å². The number of esters is 1. The zero-order valence-corrected chi connectivity index (χ0v) is 82.8. The second kappa shape index (κ2) is 58.2. The third kappa shape index (κ3) is 39.2. The zero-order chi connectivity index (χ0) is 99.1. The number of hydrogen-bond acceptors (Lipinski definition) is 29. The first kappa shape index (κ1) is 126. The molecular formula is C83H143BrF6N14O25P4. The van der Waals surface area contributed by atoms with Gasteiger partial charge < -0.3 is 106 Å². The Morgan fingerprint density at radius 2 is 0.985 bits per heavy atom. The van der Waals surface area contributed by atoms with E-state index in [2.05, 4.69) is 51.4 Å². The standard InChI is InChI=1S/C28H48F2N6O8P2.C28H41F2N4O7P.C19H31F2N4O7P.C4H7BrO2.CH4O.3CH4/c1-18(2)36(19(3)4)45(42-14-12-31-6)44-23-21(15-28(29,30)46(9,10)40)43-26(35-16-20(5)25(38)33-27(35)39)24(23)41-17-22(37)32-11-13-34(7)8;1-19-15-33(27(37)34(25(19)36)18-39-16-21-10-8-7-9-11-21)26-24(40-17-23(35)31-12-13-32(3)4)20(2)22(41-26)14-28(29,30)42(5,6)38;1-11-9-25(18(29)23-16(11)28)17-15(31-10-13(26)22-6-7-24(2)3)14(27)12(32-17)8-19(20,21)33(4,5)30;1-2-7-4(6)3-5;1-2;;;/h16,18-19,21,23-24,26H,11-15,17H2,1-5,7-10H3,(H,32,37)(H,33,38,39);7-11,15,20,22,24,26H,12-14,16-18H2,1-6H3,(H,31,35);9,12,14-15,17,27H,6-8,10H2,1-5H3,(H,22,26)(H,23,28,29);2-3H2,1H3;2H,1H3;3*1H4/t21-,23-,24-,26-,45?;20-,22-,24-,26-;12-,14-,15-,17-;;;;;/m111...../s1. The summed E-state index contributed by atoms with van der Waals surface area (Å²) >= 11 is 2.94. The van der Waals surface area contributed by atoms with Gasteiger partial charge in [-0.05, 0) is 143 Å². The van der Waals surface area contributed by atoms with Crippen molar-refractivity contribution in [2.45, 2.75) is 214 Å². The minimum Gasteiger partial charge on any atom is -0.465 e. The van der Waals surface area contributed by atoms with Crippen LogP contribution in [0.4, 0.5) is 26.3 Å². The molecule has 133 heavy (non-hydrogen) atoms. The van der Waals surface area contributed by atoms with Crippen LogP contribution in [-0.2, 0) is 93.2 Å². The topological polar surface area (TPSA) is 459 Å². The van der Waals surface area contributed by atoms with Gasteiger partial charge in [0.2, 0.25) is 24.3 Å². The first-order valence-corrected chi connectivity index (χ1v) is 51.4. The summed E-state index contributed by atoms with van der Waals surface area (Å²) < 4.78 is 190. The van der Waals surface area contributed by atoms with Crippen LogP contribution in [0.5, 0.6) is 0 Å². The summed E-state index contributed by atoms with van der Waals surface area (Å²) in [6.45, 7) is 29.9. The number of likely N-dealkylation sites (N-methyl/N-ethyl adjacent to an activating group) is 3. The average Bonchev–Trinajstić information content (AvgIpc) is 1.63. The highest BCUT2D eigenvalue weighted by Crippen LogP contribution is 2.61. The van der Waals surface area contributed by atoms with Gasteiger partial charge in [0.1, 0.15) is 90.4 Å². The van der Waals surface area contributed by atoms with E-state index < -0.39 is 211 Å². The molecule has 3 amide bonds. The second-order valence-electron chi connectivity index (χ2n) is 33.2. The monoisotopic (exact) mass is 2050 g/mol. The number of amides is 3. The van der Waals surface area contributed by atoms with Crippen LogP contribution in [0.1, 0.15) is 124 Å². The van der Waals surface area contributed by atoms with Gasteiger partial charge in [-0.3, -0.25) is 57.2 Å². The number of nitrogens with one attached hydrogen (secondary N) is 5. The molecule has 3 fully saturated rings. The molecule has 3 aromatic heterocycles. The Labute approximate surface area is 784 Å². The van der Waals surface area contributed by atoms with Crippen LogP contribution in [-0.4, -0.2) is 333 Å². The maximum Gasteiger partial charge on any atom is 0.335 e. The number of aromatic amines is 2. The Balaban J connectivity index is 0.00000187. The number of carbonyl (C=O) groups excluding carboxylic acids is 4. The van der Waals surface area contributed by atoms with Crippen molar-refractivity contribution in [3.63, 3.8) is 0 Å². The highest BCUT2D eigenvalue weighted by atomic mass is 79.9. The summed E-state index contributed by atoms with van der Waals surface area (Å²) in [6.07, 6.45) is -14.4. The first-order valence-electron chi connectivity index (χ1n) is 41.4. The first-order chi connectivity index (χ1) is 60.4. The van der Waals surface area contributed by atoms with Crippen LogP contribution < -0.4 is 49.7 Å². The van der Waals surface area contributed by atoms with E-state index in [0.29, 0.717) is 51.2 Å². The van der Waals surface area contributed by atoms with Gasteiger partial charge in [0.25, 0.3) is 42.2 Å². The van der Waals surface area contributed by atoms with Crippen molar-refractivity contribution in [2.24, 2.45) is 5.92 Å². The Morgan fingerprint density at radius 1 is 0.602 bits per heavy atom. The Bertz CT molecular complexity index is 4830. The van der Waals surface area contributed by atoms with Gasteiger partial charge >= 0.3 is 23.0 Å². The van der Waals surface area contributed by atoms with E-state index in [1.165, 1.54) is 33.2 Å². The van der Waals surface area contributed by atoms with E-state index in [4.69, 9.17) is 53.9 Å². The number of ether oxygens (including phenoxy) is 8. The lowest BCUT2D eigenvalue weighted by atomic mass is 9.98. The Morgan fingerprint density at radius 3 is 1.38 bits per heavy atom. The van der Waals surface area contributed by atoms with E-state index in [0.717, 1.165) is 77.1 Å². The molecule has 1 unspecified atom stereocenters. The molecule has 0 spiro atoms. The largest absolute Gasteiger partial charge is 0.465 e. The molecule has 0 bridgehead atoms. The number of hydrogen-bond donors (Lipinski definition) is 7. The number of aliphatic hydroxyl groups is 2. The van der Waals surface area contributed by atoms with Crippen LogP contribution in [0.15, 0.2) is 77.7 Å². The quantitative estimate of drug-likeness (QED) is 0.00550. The normalized spacial score (nSPS) is 20.5. The lowest BCUT2D eigenvalue weighted by Crippen LogP contribution is -2.45. The maximum absolute atomic E-state index is 15.4. The lowest BCUT2D eigenvalue weighted by molar-refractivity contribution is -0.140. The third-order valence-electron chi connectivity index (χ3n) is 20.0. The van der Waals surface area contributed by atoms with Crippen molar-refractivity contribution < 1.29 is 116 Å². The van der Waals surface area contributed by atoms with Gasteiger partial charge in [-0.15, -0.1) is 0 Å². The lowest BCUT2D eigenvalue weighted by Gasteiger charge is -2.38. The van der Waals surface area contributed by atoms with E-state index in [-0.39, 0.29) is 83.5 Å². The van der Waals surface area contributed by atoms with E-state index in [1.807, 2.05) is 120 Å². The Hall–Kier alpha value is -6.79. The number of alkyl halides is 7. The number of halogens is 7. The highest BCUT2D eigenvalue weighted by molar-refractivity contribution is 9.09. The summed E-state index contributed by atoms with van der Waals surface area (Å²) in [4.78, 5) is 136. The molecular weight excluding hydrogens is 1910 g/mol. The fourth-order valence-electron chi connectivity index (χ4n) is 12.6. The summed E-state index contributed by atoms with van der Waals surface area (Å²) in [5.74, 6) is -2.38. The van der Waals surface area contributed by atoms with Gasteiger partial charge in [-0.25, -0.2) is 30.2 Å². The summed E-state index contributed by atoms with van der Waals surface area (Å²) in [7, 11) is -1.71. The molecule has 0 radical (unpaired) electrons. The Kier molecular flexibility index (Phi) is 55.2. The number of aliphatic hydroxyl groups excluding tert-OH is 2. The molecule has 3 aliphatic heterocycles. The van der Waals surface area contributed by atoms with Crippen molar-refractivity contribution in [1.82, 2.24) is 63.6 Å². The minimum absolute atomic E-state index is 0. The number of carbonyl (C=O) groups is 4. The molecule has 39 nitrogen and oxygen atoms in total. The van der Waals surface area contributed by atoms with Crippen molar-refractivity contribution in [3.05, 3.63) is 145 Å². The molecule has 3 saturated heterocycles. The molecule has 6 heterocycles. The van der Waals surface area contributed by atoms with Gasteiger partial charge in [0, 0.05) is 119 Å². The van der Waals surface area contributed by atoms with E-state index in [9.17, 15) is 84.3 Å². The fraction of sp³-hybridized carbons (Fsp3) is 0.723. The van der Waals surface area contributed by atoms with E-state index >= 15 is 8.78 Å². The van der Waals surface area contributed by atoms with Crippen LogP contribution in [0, 0.1) is 33.3 Å². The minimum atomic E-state index is -4.00. The van der Waals surface area contributed by atoms with Crippen molar-refractivity contribution >= 4 is 69.6 Å². The average molecular weight is 2050 g/mol. The molecule has 0 aliphatic carbocycles. The fourth-order valence-corrected chi connectivity index (χ4v) is 16.4. The predicted molar refractivity (Wildman–Crippen MR) is 501 cm³/mol. The number of H-pyrrole nitrogens is 2. The van der Waals surface area contributed by atoms with Crippen LogP contribution in [0.2, 0.25) is 0 Å². The number of benzene rings is 1. The van der Waals surface area contributed by atoms with Gasteiger partial charge in [-0.1, -0.05) is 75.5 Å². The highest BCUT2D eigenvalue weighted by Gasteiger charge is 2.58. The van der Waals surface area contributed by atoms with Gasteiger partial charge in [0.15, 0.2) is 18.7 Å². The van der Waals surface area contributed by atoms with Crippen molar-refractivity contribution in [1.29, 1.82) is 0 Å². The SMILES string of the molecule is C.C.C.CCOC(=O)CBr.CO.Cc1cn([C@@H]2O[C@H](CC(F)(F)P(C)(C)=O)[C@@H](C)[C@H]2OCC(=O)NCCN(C)C)c(=O)n(COCc2ccccc2)c1=O.Cc1cn([C@@H]2O[C@H](CC(F)(F)P(C)(C)=O)[C@@H](O)[C@H]2OCC(=O)NCCN(C)C)c(=O)[nH]c1=O.[C-]#[N+]CCOP(O[C@H]1[C@@H](OCC(=O)NCCN(C)C)[C@H](n2cc(C)c(=O)[nH]c2=O)O[C@@H]1CC(F)(F)P(C)(C)=O)N(C(C)C)C(C)C. The maximum atomic E-state index is 15.4. The summed E-state index contributed by atoms with van der Waals surface area (Å²) in [5, 5.41) is 26.0.